The molecule has 0 aliphatic heterocycles. The van der Waals surface area contributed by atoms with Crippen LogP contribution < -0.4 is 11.3 Å². The third kappa shape index (κ3) is 4.01. The Kier molecular flexibility index (Phi) is 4.03. The standard InChI is InChI=1S/C11H18N4O2/c1-11(2,17)7-15(3)10(16)8-4-5-13-9(6-8)14-12/h4-6,17H,7,12H2,1-3H3,(H,13,14). The first kappa shape index (κ1) is 13.4. The highest BCUT2D eigenvalue weighted by Gasteiger charge is 2.20. The smallest absolute Gasteiger partial charge is 0.253 e. The van der Waals surface area contributed by atoms with Crippen molar-refractivity contribution in [1.82, 2.24) is 9.88 Å². The number of carbonyl (C=O) groups is 1. The van der Waals surface area contributed by atoms with Crippen molar-refractivity contribution in [3.05, 3.63) is 23.9 Å². The van der Waals surface area contributed by atoms with Gasteiger partial charge in [0.1, 0.15) is 5.82 Å². The molecule has 17 heavy (non-hydrogen) atoms. The summed E-state index contributed by atoms with van der Waals surface area (Å²) >= 11 is 0. The molecule has 4 N–H and O–H groups in total. The Morgan fingerprint density at radius 2 is 2.29 bits per heavy atom. The number of hydrogen-bond donors (Lipinski definition) is 3. The molecule has 0 saturated heterocycles. The second kappa shape index (κ2) is 5.11. The number of nitrogens with one attached hydrogen (secondary N) is 1. The molecule has 0 aliphatic rings. The normalized spacial score (nSPS) is 11.1. The number of likely N-dealkylation sites (N-methyl/N-ethyl adjacent to an activating group) is 1. The van der Waals surface area contributed by atoms with Gasteiger partial charge in [0, 0.05) is 25.4 Å². The maximum atomic E-state index is 12.0. The number of nitrogens with two attached hydrogens (primary N) is 1. The molecule has 0 atom stereocenters. The maximum absolute atomic E-state index is 12.0. The fraction of sp³-hybridized carbons (Fsp3) is 0.455. The van der Waals surface area contributed by atoms with Crippen molar-refractivity contribution in [1.29, 1.82) is 0 Å². The number of aromatic nitrogens is 1. The third-order valence-corrected chi connectivity index (χ3v) is 2.13. The molecule has 1 rings (SSSR count). The summed E-state index contributed by atoms with van der Waals surface area (Å²) < 4.78 is 0. The lowest BCUT2D eigenvalue weighted by atomic mass is 10.1. The molecular formula is C11H18N4O2. The zero-order valence-electron chi connectivity index (χ0n) is 10.3. The summed E-state index contributed by atoms with van der Waals surface area (Å²) in [6, 6.07) is 3.16. The topological polar surface area (TPSA) is 91.5 Å². The molecule has 1 aromatic heterocycles. The van der Waals surface area contributed by atoms with Crippen LogP contribution in [0.15, 0.2) is 18.3 Å². The monoisotopic (exact) mass is 238 g/mol. The second-order valence-electron chi connectivity index (χ2n) is 4.55. The van der Waals surface area contributed by atoms with Crippen molar-refractivity contribution in [2.75, 3.05) is 19.0 Å². The summed E-state index contributed by atoms with van der Waals surface area (Å²) in [5, 5.41) is 9.65. The van der Waals surface area contributed by atoms with Crippen molar-refractivity contribution in [2.24, 2.45) is 5.84 Å². The fourth-order valence-corrected chi connectivity index (χ4v) is 1.52. The molecule has 0 radical (unpaired) electrons. The van der Waals surface area contributed by atoms with Crippen LogP contribution in [0.5, 0.6) is 0 Å². The summed E-state index contributed by atoms with van der Waals surface area (Å²) in [4.78, 5) is 17.4. The minimum atomic E-state index is -0.924. The first-order valence-corrected chi connectivity index (χ1v) is 5.24. The molecule has 1 amide bonds. The molecule has 1 aromatic rings. The van der Waals surface area contributed by atoms with Gasteiger partial charge in [-0.1, -0.05) is 0 Å². The Balaban J connectivity index is 2.81. The molecule has 0 saturated carbocycles. The van der Waals surface area contributed by atoms with Crippen LogP contribution in [0.3, 0.4) is 0 Å². The second-order valence-corrected chi connectivity index (χ2v) is 4.55. The van der Waals surface area contributed by atoms with Crippen LogP contribution in [0.2, 0.25) is 0 Å². The quantitative estimate of drug-likeness (QED) is 0.515. The Morgan fingerprint density at radius 1 is 1.65 bits per heavy atom. The fourth-order valence-electron chi connectivity index (χ4n) is 1.52. The Bertz CT molecular complexity index is 401. The first-order valence-electron chi connectivity index (χ1n) is 5.24. The molecular weight excluding hydrogens is 220 g/mol. The Labute approximate surface area is 100 Å². The predicted molar refractivity (Wildman–Crippen MR) is 65.3 cm³/mol. The van der Waals surface area contributed by atoms with Crippen molar-refractivity contribution in [2.45, 2.75) is 19.4 Å². The van der Waals surface area contributed by atoms with E-state index in [1.165, 1.54) is 11.1 Å². The SMILES string of the molecule is CN(CC(C)(C)O)C(=O)c1ccnc(NN)c1. The number of nitrogens with zero attached hydrogens (tertiary/aromatic N) is 2. The van der Waals surface area contributed by atoms with Crippen LogP contribution >= 0.6 is 0 Å². The summed E-state index contributed by atoms with van der Waals surface area (Å²) in [7, 11) is 1.64. The number of hydrazine groups is 1. The average Bonchev–Trinajstić information content (AvgIpc) is 2.26. The molecule has 0 unspecified atom stereocenters. The van der Waals surface area contributed by atoms with Gasteiger partial charge in [-0.05, 0) is 26.0 Å². The summed E-state index contributed by atoms with van der Waals surface area (Å²) in [5.41, 5.74) is 1.93. The van der Waals surface area contributed by atoms with E-state index >= 15 is 0 Å². The van der Waals surface area contributed by atoms with E-state index in [4.69, 9.17) is 5.84 Å². The molecule has 0 fully saturated rings. The minimum Gasteiger partial charge on any atom is -0.389 e. The summed E-state index contributed by atoms with van der Waals surface area (Å²) in [6.45, 7) is 3.55. The summed E-state index contributed by atoms with van der Waals surface area (Å²) in [5.74, 6) is 5.45. The number of amides is 1. The largest absolute Gasteiger partial charge is 0.389 e. The van der Waals surface area contributed by atoms with E-state index in [9.17, 15) is 9.90 Å². The number of nitrogen functional groups attached to an aromatic ring is 1. The van der Waals surface area contributed by atoms with E-state index in [-0.39, 0.29) is 12.5 Å². The highest BCUT2D eigenvalue weighted by molar-refractivity contribution is 5.94. The third-order valence-electron chi connectivity index (χ3n) is 2.13. The van der Waals surface area contributed by atoms with Gasteiger partial charge in [0.2, 0.25) is 0 Å². The van der Waals surface area contributed by atoms with Crippen LogP contribution in [0.25, 0.3) is 0 Å². The lowest BCUT2D eigenvalue weighted by molar-refractivity contribution is 0.0368. The lowest BCUT2D eigenvalue weighted by Crippen LogP contribution is -2.39. The first-order chi connectivity index (χ1) is 7.83. The highest BCUT2D eigenvalue weighted by Crippen LogP contribution is 2.10. The molecule has 0 aromatic carbocycles. The number of pyridine rings is 1. The van der Waals surface area contributed by atoms with E-state index in [1.807, 2.05) is 0 Å². The van der Waals surface area contributed by atoms with Crippen LogP contribution in [0.4, 0.5) is 5.82 Å². The van der Waals surface area contributed by atoms with E-state index < -0.39 is 5.60 Å². The van der Waals surface area contributed by atoms with E-state index in [2.05, 4.69) is 10.4 Å². The molecule has 6 nitrogen and oxygen atoms in total. The molecule has 0 aliphatic carbocycles. The number of rotatable bonds is 4. The van der Waals surface area contributed by atoms with Crippen LogP contribution in [-0.4, -0.2) is 40.1 Å². The van der Waals surface area contributed by atoms with Gasteiger partial charge in [0.15, 0.2) is 0 Å². The lowest BCUT2D eigenvalue weighted by Gasteiger charge is -2.25. The van der Waals surface area contributed by atoms with Crippen LogP contribution in [-0.2, 0) is 0 Å². The van der Waals surface area contributed by atoms with Gasteiger partial charge in [-0.2, -0.15) is 0 Å². The number of carbonyl (C=O) groups excluding carboxylic acids is 1. The molecule has 1 heterocycles. The number of anilines is 1. The maximum Gasteiger partial charge on any atom is 0.253 e. The summed E-state index contributed by atoms with van der Waals surface area (Å²) in [6.07, 6.45) is 1.50. The minimum absolute atomic E-state index is 0.189. The molecule has 6 heteroatoms. The van der Waals surface area contributed by atoms with Crippen molar-refractivity contribution < 1.29 is 9.90 Å². The van der Waals surface area contributed by atoms with Crippen molar-refractivity contribution >= 4 is 11.7 Å². The zero-order chi connectivity index (χ0) is 13.1. The van der Waals surface area contributed by atoms with Crippen molar-refractivity contribution in [3.63, 3.8) is 0 Å². The van der Waals surface area contributed by atoms with Crippen LogP contribution in [0.1, 0.15) is 24.2 Å². The molecule has 94 valence electrons. The van der Waals surface area contributed by atoms with Gasteiger partial charge < -0.3 is 15.4 Å². The van der Waals surface area contributed by atoms with Crippen LogP contribution in [0, 0.1) is 0 Å². The number of aliphatic hydroxyl groups is 1. The molecule has 0 spiro atoms. The average molecular weight is 238 g/mol. The van der Waals surface area contributed by atoms with Gasteiger partial charge >= 0.3 is 0 Å². The van der Waals surface area contributed by atoms with E-state index in [0.29, 0.717) is 11.4 Å². The van der Waals surface area contributed by atoms with Gasteiger partial charge in [-0.25, -0.2) is 10.8 Å². The number of hydrogen-bond acceptors (Lipinski definition) is 5. The van der Waals surface area contributed by atoms with Gasteiger partial charge in [0.05, 0.1) is 5.60 Å². The highest BCUT2D eigenvalue weighted by atomic mass is 16.3. The van der Waals surface area contributed by atoms with Crippen molar-refractivity contribution in [3.8, 4) is 0 Å². The molecule has 0 bridgehead atoms. The van der Waals surface area contributed by atoms with Gasteiger partial charge in [-0.3, -0.25) is 4.79 Å². The predicted octanol–water partition coefficient (Wildman–Crippen LogP) is 0.210. The van der Waals surface area contributed by atoms with Gasteiger partial charge in [0.25, 0.3) is 5.91 Å². The van der Waals surface area contributed by atoms with Gasteiger partial charge in [-0.15, -0.1) is 0 Å². The van der Waals surface area contributed by atoms with E-state index in [0.717, 1.165) is 0 Å². The zero-order valence-corrected chi connectivity index (χ0v) is 10.3. The van der Waals surface area contributed by atoms with E-state index in [1.54, 1.807) is 33.0 Å². The Morgan fingerprint density at radius 3 is 2.82 bits per heavy atom. The Hall–Kier alpha value is -1.66.